The van der Waals surface area contributed by atoms with E-state index in [0.29, 0.717) is 5.56 Å². The Morgan fingerprint density at radius 3 is 1.44 bits per heavy atom. The Bertz CT molecular complexity index is 2760. The van der Waals surface area contributed by atoms with Crippen molar-refractivity contribution >= 4 is 43.2 Å². The van der Waals surface area contributed by atoms with Crippen LogP contribution in [-0.4, -0.2) is 4.98 Å². The molecule has 0 bridgehead atoms. The first kappa shape index (κ1) is 26.6. The average Bonchev–Trinajstić information content (AvgIpc) is 3.47. The molecular formula is C46H26N2. The number of fused-ring (bicyclic) bond motifs is 6. The van der Waals surface area contributed by atoms with Crippen LogP contribution >= 0.6 is 0 Å². The standard InChI is InChI=1S/C46H26N2/c47-27-28-19-21-30(22-20-28)41-33-11-1-3-13-35(33)42(36-14-4-2-12-34(36)41)31-23-25-32(26-24-31)44-37-15-5-6-18-40(37)48-46-39-17-8-10-29-9-7-16-38(43(29)39)45(44)46/h1-26H. The van der Waals surface area contributed by atoms with Gasteiger partial charge in [-0.05, 0) is 83.9 Å². The number of nitrogens with zero attached hydrogens (tertiary/aromatic N) is 2. The van der Waals surface area contributed by atoms with E-state index in [1.165, 1.54) is 76.8 Å². The number of benzene rings is 8. The van der Waals surface area contributed by atoms with Crippen LogP contribution in [-0.2, 0) is 0 Å². The molecule has 10 rings (SSSR count). The minimum absolute atomic E-state index is 0.664. The summed E-state index contributed by atoms with van der Waals surface area (Å²) in [5.41, 5.74) is 13.5. The van der Waals surface area contributed by atoms with E-state index in [-0.39, 0.29) is 0 Å². The minimum atomic E-state index is 0.664. The highest BCUT2D eigenvalue weighted by Gasteiger charge is 2.27. The summed E-state index contributed by atoms with van der Waals surface area (Å²) in [4.78, 5) is 5.24. The molecule has 1 aliphatic carbocycles. The molecule has 2 nitrogen and oxygen atoms in total. The van der Waals surface area contributed by atoms with E-state index >= 15 is 0 Å². The zero-order chi connectivity index (χ0) is 31.8. The van der Waals surface area contributed by atoms with E-state index in [9.17, 15) is 5.26 Å². The van der Waals surface area contributed by atoms with E-state index in [1.807, 2.05) is 12.1 Å². The molecule has 1 aliphatic rings. The fourth-order valence-electron chi connectivity index (χ4n) is 7.98. The molecule has 0 unspecified atom stereocenters. The summed E-state index contributed by atoms with van der Waals surface area (Å²) >= 11 is 0. The van der Waals surface area contributed by atoms with Gasteiger partial charge in [-0.15, -0.1) is 0 Å². The molecule has 220 valence electrons. The molecule has 0 fully saturated rings. The Morgan fingerprint density at radius 2 is 0.875 bits per heavy atom. The fraction of sp³-hybridized carbons (Fsp3) is 0. The Balaban J connectivity index is 1.21. The summed E-state index contributed by atoms with van der Waals surface area (Å²) < 4.78 is 0. The molecule has 0 N–H and O–H groups in total. The van der Waals surface area contributed by atoms with Gasteiger partial charge < -0.3 is 0 Å². The monoisotopic (exact) mass is 606 g/mol. The zero-order valence-electron chi connectivity index (χ0n) is 25.9. The Labute approximate surface area is 277 Å². The van der Waals surface area contributed by atoms with Crippen LogP contribution in [0.1, 0.15) is 5.56 Å². The van der Waals surface area contributed by atoms with Crippen molar-refractivity contribution in [1.82, 2.24) is 4.98 Å². The van der Waals surface area contributed by atoms with Gasteiger partial charge in [-0.2, -0.15) is 5.26 Å². The fourth-order valence-corrected chi connectivity index (χ4v) is 7.98. The van der Waals surface area contributed by atoms with Gasteiger partial charge in [-0.3, -0.25) is 0 Å². The molecule has 2 heteroatoms. The van der Waals surface area contributed by atoms with Gasteiger partial charge in [0.25, 0.3) is 0 Å². The van der Waals surface area contributed by atoms with E-state index < -0.39 is 0 Å². The SMILES string of the molecule is N#Cc1ccc(-c2c3ccccc3c(-c3ccc(-c4c5c(nc6ccccc46)-c4cccc6cccc-5c46)cc3)c3ccccc23)cc1. The number of hydrogen-bond donors (Lipinski definition) is 0. The third kappa shape index (κ3) is 3.76. The summed E-state index contributed by atoms with van der Waals surface area (Å²) in [7, 11) is 0. The first-order valence-electron chi connectivity index (χ1n) is 16.3. The topological polar surface area (TPSA) is 36.7 Å². The highest BCUT2D eigenvalue weighted by molar-refractivity contribution is 6.23. The summed E-state index contributed by atoms with van der Waals surface area (Å²) in [5, 5.41) is 17.9. The van der Waals surface area contributed by atoms with E-state index in [2.05, 4.69) is 152 Å². The van der Waals surface area contributed by atoms with Gasteiger partial charge in [0.15, 0.2) is 0 Å². The maximum atomic E-state index is 9.42. The molecular weight excluding hydrogens is 581 g/mol. The molecule has 48 heavy (non-hydrogen) atoms. The third-order valence-electron chi connectivity index (χ3n) is 10.0. The van der Waals surface area contributed by atoms with Crippen LogP contribution in [0.25, 0.3) is 99.0 Å². The quantitative estimate of drug-likeness (QED) is 0.188. The second-order valence-corrected chi connectivity index (χ2v) is 12.5. The Morgan fingerprint density at radius 1 is 0.396 bits per heavy atom. The van der Waals surface area contributed by atoms with Crippen LogP contribution in [0, 0.1) is 11.3 Å². The van der Waals surface area contributed by atoms with Gasteiger partial charge in [0.2, 0.25) is 0 Å². The lowest BCUT2D eigenvalue weighted by Gasteiger charge is -2.18. The first-order chi connectivity index (χ1) is 23.8. The maximum Gasteiger partial charge on any atom is 0.0991 e. The van der Waals surface area contributed by atoms with E-state index in [0.717, 1.165) is 22.2 Å². The molecule has 0 radical (unpaired) electrons. The smallest absolute Gasteiger partial charge is 0.0991 e. The predicted octanol–water partition coefficient (Wildman–Crippen LogP) is 12.2. The Kier molecular flexibility index (Phi) is 5.67. The second kappa shape index (κ2) is 10.2. The largest absolute Gasteiger partial charge is 0.247 e. The van der Waals surface area contributed by atoms with Crippen molar-refractivity contribution in [2.45, 2.75) is 0 Å². The van der Waals surface area contributed by atoms with Gasteiger partial charge >= 0.3 is 0 Å². The highest BCUT2D eigenvalue weighted by Crippen LogP contribution is 2.52. The third-order valence-corrected chi connectivity index (χ3v) is 10.0. The first-order valence-corrected chi connectivity index (χ1v) is 16.3. The molecule has 9 aromatic rings. The molecule has 0 aliphatic heterocycles. The number of aromatic nitrogens is 1. The molecule has 0 atom stereocenters. The van der Waals surface area contributed by atoms with Crippen LogP contribution < -0.4 is 0 Å². The van der Waals surface area contributed by atoms with Gasteiger partial charge in [-0.1, -0.05) is 140 Å². The predicted molar refractivity (Wildman–Crippen MR) is 200 cm³/mol. The van der Waals surface area contributed by atoms with E-state index in [4.69, 9.17) is 4.98 Å². The van der Waals surface area contributed by atoms with Crippen LogP contribution in [0.15, 0.2) is 158 Å². The number of nitriles is 1. The number of rotatable bonds is 3. The molecule has 1 heterocycles. The molecule has 0 amide bonds. The number of para-hydroxylation sites is 1. The second-order valence-electron chi connectivity index (χ2n) is 12.5. The van der Waals surface area contributed by atoms with Crippen LogP contribution in [0.2, 0.25) is 0 Å². The van der Waals surface area contributed by atoms with Gasteiger partial charge in [0.05, 0.1) is 22.8 Å². The summed E-state index contributed by atoms with van der Waals surface area (Å²) in [6.07, 6.45) is 0. The summed E-state index contributed by atoms with van der Waals surface area (Å²) in [6, 6.07) is 58.4. The Hall–Kier alpha value is -6.56. The molecule has 0 spiro atoms. The lowest BCUT2D eigenvalue weighted by molar-refractivity contribution is 1.42. The van der Waals surface area contributed by atoms with Crippen molar-refractivity contribution in [2.24, 2.45) is 0 Å². The maximum absolute atomic E-state index is 9.42. The van der Waals surface area contributed by atoms with Crippen molar-refractivity contribution in [1.29, 1.82) is 5.26 Å². The average molecular weight is 607 g/mol. The highest BCUT2D eigenvalue weighted by atomic mass is 14.7. The van der Waals surface area contributed by atoms with Crippen LogP contribution in [0.3, 0.4) is 0 Å². The van der Waals surface area contributed by atoms with Crippen molar-refractivity contribution < 1.29 is 0 Å². The van der Waals surface area contributed by atoms with Gasteiger partial charge in [-0.25, -0.2) is 4.98 Å². The molecule has 0 saturated carbocycles. The number of hydrogen-bond acceptors (Lipinski definition) is 2. The van der Waals surface area contributed by atoms with Crippen LogP contribution in [0.5, 0.6) is 0 Å². The normalized spacial score (nSPS) is 11.7. The lowest BCUT2D eigenvalue weighted by Crippen LogP contribution is -1.93. The lowest BCUT2D eigenvalue weighted by atomic mass is 9.85. The van der Waals surface area contributed by atoms with Gasteiger partial charge in [0.1, 0.15) is 0 Å². The van der Waals surface area contributed by atoms with Crippen molar-refractivity contribution in [2.75, 3.05) is 0 Å². The molecule has 0 saturated heterocycles. The van der Waals surface area contributed by atoms with Crippen LogP contribution in [0.4, 0.5) is 0 Å². The molecule has 8 aromatic carbocycles. The molecule has 1 aromatic heterocycles. The van der Waals surface area contributed by atoms with E-state index in [1.54, 1.807) is 0 Å². The minimum Gasteiger partial charge on any atom is -0.247 e. The van der Waals surface area contributed by atoms with Crippen molar-refractivity contribution in [3.8, 4) is 61.8 Å². The summed E-state index contributed by atoms with van der Waals surface area (Å²) in [6.45, 7) is 0. The van der Waals surface area contributed by atoms with Crippen molar-refractivity contribution in [3.05, 3.63) is 163 Å². The number of pyridine rings is 1. The van der Waals surface area contributed by atoms with Crippen molar-refractivity contribution in [3.63, 3.8) is 0 Å². The van der Waals surface area contributed by atoms with Gasteiger partial charge in [0, 0.05) is 22.1 Å². The zero-order valence-corrected chi connectivity index (χ0v) is 25.9. The summed E-state index contributed by atoms with van der Waals surface area (Å²) in [5.74, 6) is 0.